The predicted octanol–water partition coefficient (Wildman–Crippen LogP) is 3.86. The second-order valence-corrected chi connectivity index (χ2v) is 4.02. The molecule has 1 heterocycles. The molecule has 0 saturated carbocycles. The number of halogens is 7. The van der Waals surface area contributed by atoms with Gasteiger partial charge in [-0.25, -0.2) is 4.98 Å². The fourth-order valence-corrected chi connectivity index (χ4v) is 1.71. The minimum atomic E-state index is -5.02. The number of nitrogen functional groups attached to an aromatic ring is 2. The third kappa shape index (κ3) is 3.07. The maximum absolute atomic E-state index is 12.9. The first kappa shape index (κ1) is 17.2. The number of anilines is 2. The molecule has 0 bridgehead atoms. The maximum atomic E-state index is 12.9. The second kappa shape index (κ2) is 5.14. The van der Waals surface area contributed by atoms with E-state index in [1.54, 1.807) is 0 Å². The number of hydrogen-bond donors (Lipinski definition) is 2. The number of rotatable bonds is 0. The number of benzene rings is 1. The zero-order valence-electron chi connectivity index (χ0n) is 10.0. The molecule has 0 spiro atoms. The number of hydrogen-bond acceptors (Lipinski definition) is 3. The zero-order valence-corrected chi connectivity index (χ0v) is 10.8. The molecule has 0 radical (unpaired) electrons. The molecule has 0 fully saturated rings. The van der Waals surface area contributed by atoms with Crippen LogP contribution in [0.1, 0.15) is 11.3 Å². The average molecular weight is 332 g/mol. The van der Waals surface area contributed by atoms with Crippen molar-refractivity contribution in [2.24, 2.45) is 0 Å². The van der Waals surface area contributed by atoms with Gasteiger partial charge in [-0.05, 0) is 18.2 Å². The minimum absolute atomic E-state index is 0. The third-order valence-electron chi connectivity index (χ3n) is 2.65. The van der Waals surface area contributed by atoms with E-state index in [-0.39, 0.29) is 24.2 Å². The summed E-state index contributed by atoms with van der Waals surface area (Å²) >= 11 is 0. The van der Waals surface area contributed by atoms with Crippen LogP contribution in [-0.4, -0.2) is 4.98 Å². The fourth-order valence-electron chi connectivity index (χ4n) is 1.71. The van der Waals surface area contributed by atoms with Crippen molar-refractivity contribution in [1.82, 2.24) is 4.98 Å². The van der Waals surface area contributed by atoms with Gasteiger partial charge in [-0.3, -0.25) is 0 Å². The van der Waals surface area contributed by atoms with E-state index in [1.165, 1.54) is 0 Å². The Kier molecular flexibility index (Phi) is 4.20. The summed E-state index contributed by atoms with van der Waals surface area (Å²) in [5.74, 6) is 0. The number of nitrogens with zero attached hydrogens (tertiary/aromatic N) is 1. The molecule has 0 amide bonds. The Balaban J connectivity index is 0.00000220. The fraction of sp³-hybridized carbons (Fsp3) is 0.182. The molecule has 10 heteroatoms. The second-order valence-electron chi connectivity index (χ2n) is 4.02. The minimum Gasteiger partial charge on any atom is -0.397 e. The molecular formula is C11H8ClF6N3. The number of alkyl halides is 6. The Morgan fingerprint density at radius 1 is 0.905 bits per heavy atom. The van der Waals surface area contributed by atoms with Gasteiger partial charge in [0, 0.05) is 5.39 Å². The van der Waals surface area contributed by atoms with Crippen molar-refractivity contribution in [3.8, 4) is 0 Å². The van der Waals surface area contributed by atoms with E-state index in [2.05, 4.69) is 4.98 Å². The Hall–Kier alpha value is -1.90. The van der Waals surface area contributed by atoms with Crippen LogP contribution < -0.4 is 11.5 Å². The smallest absolute Gasteiger partial charge is 0.397 e. The molecular weight excluding hydrogens is 324 g/mol. The maximum Gasteiger partial charge on any atom is 0.433 e. The molecule has 0 aliphatic rings. The van der Waals surface area contributed by atoms with Crippen molar-refractivity contribution in [1.29, 1.82) is 0 Å². The molecule has 0 aliphatic carbocycles. The van der Waals surface area contributed by atoms with Crippen molar-refractivity contribution in [3.05, 3.63) is 29.5 Å². The molecule has 4 N–H and O–H groups in total. The Bertz CT molecular complexity index is 680. The van der Waals surface area contributed by atoms with E-state index in [1.807, 2.05) is 0 Å². The highest BCUT2D eigenvalue weighted by atomic mass is 35.5. The van der Waals surface area contributed by atoms with Gasteiger partial charge in [-0.15, -0.1) is 12.4 Å². The van der Waals surface area contributed by atoms with Crippen LogP contribution in [-0.2, 0) is 12.4 Å². The van der Waals surface area contributed by atoms with Gasteiger partial charge in [0.25, 0.3) is 0 Å². The van der Waals surface area contributed by atoms with E-state index in [9.17, 15) is 26.3 Å². The molecule has 21 heavy (non-hydrogen) atoms. The molecule has 2 rings (SSSR count). The van der Waals surface area contributed by atoms with E-state index >= 15 is 0 Å². The molecule has 0 saturated heterocycles. The summed E-state index contributed by atoms with van der Waals surface area (Å²) in [6.07, 6.45) is -9.99. The first-order valence-corrected chi connectivity index (χ1v) is 5.15. The molecule has 2 aromatic rings. The largest absolute Gasteiger partial charge is 0.433 e. The molecule has 1 aromatic carbocycles. The number of pyridine rings is 1. The summed E-state index contributed by atoms with van der Waals surface area (Å²) in [6, 6.07) is 1.98. The highest BCUT2D eigenvalue weighted by Crippen LogP contribution is 2.40. The Morgan fingerprint density at radius 2 is 1.48 bits per heavy atom. The summed E-state index contributed by atoms with van der Waals surface area (Å²) < 4.78 is 76.4. The lowest BCUT2D eigenvalue weighted by Gasteiger charge is -2.15. The summed E-state index contributed by atoms with van der Waals surface area (Å²) in [6.45, 7) is 0. The molecule has 0 atom stereocenters. The van der Waals surface area contributed by atoms with Crippen molar-refractivity contribution >= 4 is 34.7 Å². The standard InChI is InChI=1S/C11H7F6N3.ClH/c12-10(13,14)5-3-7(11(15,16)17)20-9-4(5)1-2-6(18)8(9)19;/h1-3H,18-19H2;1H. The van der Waals surface area contributed by atoms with Crippen molar-refractivity contribution in [2.45, 2.75) is 12.4 Å². The molecule has 0 unspecified atom stereocenters. The van der Waals surface area contributed by atoms with Crippen LogP contribution >= 0.6 is 12.4 Å². The quantitative estimate of drug-likeness (QED) is 0.569. The van der Waals surface area contributed by atoms with E-state index in [0.717, 1.165) is 12.1 Å². The first-order chi connectivity index (χ1) is 9.01. The van der Waals surface area contributed by atoms with Gasteiger partial charge < -0.3 is 11.5 Å². The van der Waals surface area contributed by atoms with Crippen LogP contribution in [0.2, 0.25) is 0 Å². The van der Waals surface area contributed by atoms with Gasteiger partial charge in [0.05, 0.1) is 22.5 Å². The Morgan fingerprint density at radius 3 is 1.95 bits per heavy atom. The van der Waals surface area contributed by atoms with Gasteiger partial charge in [0.2, 0.25) is 0 Å². The van der Waals surface area contributed by atoms with Crippen LogP contribution in [0.25, 0.3) is 10.9 Å². The lowest BCUT2D eigenvalue weighted by molar-refractivity contribution is -0.144. The van der Waals surface area contributed by atoms with Gasteiger partial charge in [0.1, 0.15) is 5.69 Å². The number of nitrogens with two attached hydrogens (primary N) is 2. The van der Waals surface area contributed by atoms with E-state index in [0.29, 0.717) is 0 Å². The topological polar surface area (TPSA) is 64.9 Å². The predicted molar refractivity (Wildman–Crippen MR) is 67.8 cm³/mol. The van der Waals surface area contributed by atoms with Crippen LogP contribution in [0.5, 0.6) is 0 Å². The van der Waals surface area contributed by atoms with E-state index < -0.39 is 40.2 Å². The van der Waals surface area contributed by atoms with Crippen molar-refractivity contribution < 1.29 is 26.3 Å². The SMILES string of the molecule is Cl.Nc1ccc2c(C(F)(F)F)cc(C(F)(F)F)nc2c1N. The van der Waals surface area contributed by atoms with Gasteiger partial charge in [0.15, 0.2) is 0 Å². The molecule has 1 aromatic heterocycles. The first-order valence-electron chi connectivity index (χ1n) is 5.15. The van der Waals surface area contributed by atoms with Gasteiger partial charge in [-0.1, -0.05) is 0 Å². The zero-order chi connectivity index (χ0) is 15.3. The third-order valence-corrected chi connectivity index (χ3v) is 2.65. The van der Waals surface area contributed by atoms with Gasteiger partial charge in [-0.2, -0.15) is 26.3 Å². The monoisotopic (exact) mass is 331 g/mol. The Labute approximate surface area is 120 Å². The summed E-state index contributed by atoms with van der Waals surface area (Å²) in [4.78, 5) is 3.15. The van der Waals surface area contributed by atoms with Crippen LogP contribution in [0.3, 0.4) is 0 Å². The highest BCUT2D eigenvalue weighted by molar-refractivity contribution is 5.97. The molecule has 3 nitrogen and oxygen atoms in total. The molecule has 116 valence electrons. The lowest BCUT2D eigenvalue weighted by Crippen LogP contribution is -2.14. The average Bonchev–Trinajstić information content (AvgIpc) is 2.30. The van der Waals surface area contributed by atoms with Crippen molar-refractivity contribution in [2.75, 3.05) is 11.5 Å². The van der Waals surface area contributed by atoms with Crippen LogP contribution in [0, 0.1) is 0 Å². The van der Waals surface area contributed by atoms with E-state index in [4.69, 9.17) is 11.5 Å². The summed E-state index contributed by atoms with van der Waals surface area (Å²) in [5.41, 5.74) is 6.49. The number of fused-ring (bicyclic) bond motifs is 1. The highest BCUT2D eigenvalue weighted by Gasteiger charge is 2.39. The van der Waals surface area contributed by atoms with Crippen LogP contribution in [0.15, 0.2) is 18.2 Å². The lowest BCUT2D eigenvalue weighted by atomic mass is 10.0. The summed E-state index contributed by atoms with van der Waals surface area (Å²) in [5, 5.41) is -0.530. The van der Waals surface area contributed by atoms with Gasteiger partial charge >= 0.3 is 12.4 Å². The van der Waals surface area contributed by atoms with Crippen molar-refractivity contribution in [3.63, 3.8) is 0 Å². The summed E-state index contributed by atoms with van der Waals surface area (Å²) in [7, 11) is 0. The normalized spacial score (nSPS) is 12.3. The number of aromatic nitrogens is 1. The van der Waals surface area contributed by atoms with Crippen LogP contribution in [0.4, 0.5) is 37.7 Å². The molecule has 0 aliphatic heterocycles.